The van der Waals surface area contributed by atoms with E-state index in [0.717, 1.165) is 6.08 Å². The lowest BCUT2D eigenvalue weighted by Crippen LogP contribution is -2.53. The summed E-state index contributed by atoms with van der Waals surface area (Å²) in [4.78, 5) is 47.3. The molecule has 2 atom stereocenters. The van der Waals surface area contributed by atoms with Crippen molar-refractivity contribution >= 4 is 41.4 Å². The van der Waals surface area contributed by atoms with Crippen molar-refractivity contribution in [2.24, 2.45) is 17.4 Å². The van der Waals surface area contributed by atoms with Crippen LogP contribution in [0.15, 0.2) is 30.3 Å². The van der Waals surface area contributed by atoms with Gasteiger partial charge in [0, 0.05) is 11.8 Å². The topological polar surface area (TPSA) is 200 Å². The van der Waals surface area contributed by atoms with E-state index in [1.54, 1.807) is 24.3 Å². The monoisotopic (exact) mass is 432 g/mol. The number of nitrogens with one attached hydrogen (secondary N) is 4. The van der Waals surface area contributed by atoms with Crippen LogP contribution in [0.25, 0.3) is 6.08 Å². The molecule has 0 unspecified atom stereocenters. The van der Waals surface area contributed by atoms with Gasteiger partial charge in [-0.2, -0.15) is 0 Å². The second kappa shape index (κ2) is 12.0. The van der Waals surface area contributed by atoms with E-state index in [0.29, 0.717) is 11.3 Å². The van der Waals surface area contributed by atoms with Gasteiger partial charge in [-0.15, -0.1) is 0 Å². The van der Waals surface area contributed by atoms with Crippen LogP contribution in [0.2, 0.25) is 0 Å². The number of anilines is 1. The summed E-state index contributed by atoms with van der Waals surface area (Å²) >= 11 is 0. The molecule has 31 heavy (non-hydrogen) atoms. The largest absolute Gasteiger partial charge is 0.481 e. The molecule has 11 heteroatoms. The van der Waals surface area contributed by atoms with Crippen LogP contribution in [0.4, 0.5) is 5.69 Å². The molecule has 0 saturated heterocycles. The predicted molar refractivity (Wildman–Crippen MR) is 116 cm³/mol. The van der Waals surface area contributed by atoms with E-state index in [-0.39, 0.29) is 18.3 Å². The van der Waals surface area contributed by atoms with Gasteiger partial charge in [0.25, 0.3) is 0 Å². The van der Waals surface area contributed by atoms with E-state index in [1.165, 1.54) is 6.08 Å². The zero-order valence-electron chi connectivity index (χ0n) is 17.3. The Morgan fingerprint density at radius 3 is 2.16 bits per heavy atom. The van der Waals surface area contributed by atoms with Crippen molar-refractivity contribution in [2.45, 2.75) is 38.8 Å². The maximum atomic E-state index is 12.5. The number of hydrogen-bond donors (Lipinski definition) is 7. The third-order valence-electron chi connectivity index (χ3n) is 4.00. The molecular formula is C20H28N6O5. The molecule has 0 aliphatic heterocycles. The number of amides is 3. The SMILES string of the molecule is CC(C)C[C@H](NC(=O)[C@H](CC(=O)O)NC(=O)C=Cc1ccc(NC(=N)N)cc1)C(N)=O. The number of carboxylic acids is 1. The third-order valence-corrected chi connectivity index (χ3v) is 4.00. The molecule has 9 N–H and O–H groups in total. The highest BCUT2D eigenvalue weighted by Gasteiger charge is 2.27. The summed E-state index contributed by atoms with van der Waals surface area (Å²) < 4.78 is 0. The Hall–Kier alpha value is -3.89. The molecule has 1 rings (SSSR count). The molecule has 0 aliphatic carbocycles. The molecule has 3 amide bonds. The van der Waals surface area contributed by atoms with Crippen molar-refractivity contribution in [1.29, 1.82) is 5.41 Å². The number of carbonyl (C=O) groups excluding carboxylic acids is 3. The lowest BCUT2D eigenvalue weighted by atomic mass is 10.0. The number of rotatable bonds is 11. The zero-order valence-corrected chi connectivity index (χ0v) is 17.3. The highest BCUT2D eigenvalue weighted by molar-refractivity contribution is 5.98. The lowest BCUT2D eigenvalue weighted by molar-refractivity contribution is -0.140. The van der Waals surface area contributed by atoms with E-state index in [2.05, 4.69) is 16.0 Å². The third kappa shape index (κ3) is 9.92. The van der Waals surface area contributed by atoms with Gasteiger partial charge in [0.15, 0.2) is 5.96 Å². The number of carboxylic acid groups (broad SMARTS) is 1. The smallest absolute Gasteiger partial charge is 0.305 e. The quantitative estimate of drug-likeness (QED) is 0.145. The summed E-state index contributed by atoms with van der Waals surface area (Å²) in [7, 11) is 0. The molecule has 0 heterocycles. The van der Waals surface area contributed by atoms with Crippen LogP contribution < -0.4 is 27.4 Å². The fourth-order valence-corrected chi connectivity index (χ4v) is 2.60. The Morgan fingerprint density at radius 1 is 1.06 bits per heavy atom. The van der Waals surface area contributed by atoms with Crippen LogP contribution >= 0.6 is 0 Å². The van der Waals surface area contributed by atoms with E-state index in [9.17, 15) is 19.2 Å². The number of carbonyl (C=O) groups is 4. The average molecular weight is 432 g/mol. The molecule has 1 aromatic rings. The Bertz CT molecular complexity index is 850. The first-order valence-electron chi connectivity index (χ1n) is 9.49. The number of aliphatic carboxylic acids is 1. The summed E-state index contributed by atoms with van der Waals surface area (Å²) in [5.74, 6) is -3.69. The Labute approximate surface area is 179 Å². The van der Waals surface area contributed by atoms with Crippen LogP contribution in [0, 0.1) is 11.3 Å². The molecule has 0 fully saturated rings. The lowest BCUT2D eigenvalue weighted by Gasteiger charge is -2.21. The van der Waals surface area contributed by atoms with Crippen molar-refractivity contribution in [3.05, 3.63) is 35.9 Å². The molecule has 0 aliphatic rings. The first kappa shape index (κ1) is 25.1. The van der Waals surface area contributed by atoms with Gasteiger partial charge in [0.2, 0.25) is 17.7 Å². The molecular weight excluding hydrogens is 404 g/mol. The number of hydrogen-bond acceptors (Lipinski definition) is 5. The molecule has 0 spiro atoms. The second-order valence-electron chi connectivity index (χ2n) is 7.25. The normalized spacial score (nSPS) is 12.7. The molecule has 0 aromatic heterocycles. The fourth-order valence-electron chi connectivity index (χ4n) is 2.60. The van der Waals surface area contributed by atoms with Gasteiger partial charge in [-0.05, 0) is 36.1 Å². The molecule has 0 saturated carbocycles. The minimum absolute atomic E-state index is 0.0604. The summed E-state index contributed by atoms with van der Waals surface area (Å²) in [6.07, 6.45) is 2.23. The number of guanidine groups is 1. The standard InChI is InChI=1S/C20H28N6O5/c1-11(2)9-14(18(21)30)26-19(31)15(10-17(28)29)25-16(27)8-5-12-3-6-13(7-4-12)24-20(22)23/h3-8,11,14-15H,9-10H2,1-2H3,(H2,21,30)(H,25,27)(H,26,31)(H,28,29)(H4,22,23,24)/t14-,15-/m0/s1. The van der Waals surface area contributed by atoms with Gasteiger partial charge in [-0.3, -0.25) is 24.6 Å². The Morgan fingerprint density at radius 2 is 1.68 bits per heavy atom. The van der Waals surface area contributed by atoms with Crippen LogP contribution in [0.5, 0.6) is 0 Å². The molecule has 168 valence electrons. The predicted octanol–water partition coefficient (Wildman–Crippen LogP) is -0.0191. The fraction of sp³-hybridized carbons (Fsp3) is 0.350. The molecule has 0 bridgehead atoms. The first-order chi connectivity index (χ1) is 14.5. The Kier molecular flexibility index (Phi) is 9.70. The van der Waals surface area contributed by atoms with E-state index < -0.39 is 42.2 Å². The van der Waals surface area contributed by atoms with Crippen molar-refractivity contribution in [3.8, 4) is 0 Å². The van der Waals surface area contributed by atoms with Gasteiger partial charge in [-0.25, -0.2) is 0 Å². The van der Waals surface area contributed by atoms with Gasteiger partial charge < -0.3 is 32.5 Å². The first-order valence-corrected chi connectivity index (χ1v) is 9.49. The Balaban J connectivity index is 2.81. The summed E-state index contributed by atoms with van der Waals surface area (Å²) in [5.41, 5.74) is 11.8. The molecule has 11 nitrogen and oxygen atoms in total. The summed E-state index contributed by atoms with van der Waals surface area (Å²) in [6, 6.07) is 4.28. The van der Waals surface area contributed by atoms with Crippen molar-refractivity contribution in [3.63, 3.8) is 0 Å². The van der Waals surface area contributed by atoms with Crippen molar-refractivity contribution < 1.29 is 24.3 Å². The van der Waals surface area contributed by atoms with Gasteiger partial charge in [0.05, 0.1) is 6.42 Å². The zero-order chi connectivity index (χ0) is 23.6. The van der Waals surface area contributed by atoms with E-state index in [1.807, 2.05) is 13.8 Å². The van der Waals surface area contributed by atoms with Crippen molar-refractivity contribution in [1.82, 2.24) is 10.6 Å². The van der Waals surface area contributed by atoms with Crippen LogP contribution in [-0.4, -0.2) is 46.8 Å². The van der Waals surface area contributed by atoms with E-state index >= 15 is 0 Å². The van der Waals surface area contributed by atoms with Crippen LogP contribution in [0.3, 0.4) is 0 Å². The summed E-state index contributed by atoms with van der Waals surface area (Å²) in [6.45, 7) is 3.68. The van der Waals surface area contributed by atoms with Crippen molar-refractivity contribution in [2.75, 3.05) is 5.32 Å². The number of primary amides is 1. The second-order valence-corrected chi connectivity index (χ2v) is 7.25. The minimum Gasteiger partial charge on any atom is -0.481 e. The molecule has 0 radical (unpaired) electrons. The molecule has 1 aromatic carbocycles. The van der Waals surface area contributed by atoms with Gasteiger partial charge >= 0.3 is 5.97 Å². The maximum Gasteiger partial charge on any atom is 0.305 e. The van der Waals surface area contributed by atoms with Gasteiger partial charge in [-0.1, -0.05) is 26.0 Å². The van der Waals surface area contributed by atoms with Gasteiger partial charge in [0.1, 0.15) is 12.1 Å². The maximum absolute atomic E-state index is 12.5. The highest BCUT2D eigenvalue weighted by atomic mass is 16.4. The van der Waals surface area contributed by atoms with Crippen LogP contribution in [0.1, 0.15) is 32.3 Å². The minimum atomic E-state index is -1.38. The number of benzene rings is 1. The highest BCUT2D eigenvalue weighted by Crippen LogP contribution is 2.10. The van der Waals surface area contributed by atoms with E-state index in [4.69, 9.17) is 22.0 Å². The average Bonchev–Trinajstić information content (AvgIpc) is 2.65. The summed E-state index contributed by atoms with van der Waals surface area (Å²) in [5, 5.41) is 23.6. The number of nitrogens with two attached hydrogens (primary N) is 2. The van der Waals surface area contributed by atoms with Crippen LogP contribution in [-0.2, 0) is 19.2 Å².